The van der Waals surface area contributed by atoms with Crippen LogP contribution in [0.1, 0.15) is 47.1 Å². The van der Waals surface area contributed by atoms with Gasteiger partial charge in [-0.05, 0) is 29.8 Å². The number of aromatic nitrogens is 2. The second-order valence-corrected chi connectivity index (χ2v) is 8.12. The zero-order chi connectivity index (χ0) is 23.7. The molecule has 0 aliphatic carbocycles. The van der Waals surface area contributed by atoms with Crippen molar-refractivity contribution in [3.63, 3.8) is 0 Å². The van der Waals surface area contributed by atoms with Gasteiger partial charge in [-0.3, -0.25) is 29.1 Å². The molecule has 5 rings (SSSR count). The molecule has 2 aliphatic heterocycles. The molecule has 3 heterocycles. The van der Waals surface area contributed by atoms with Crippen LogP contribution in [0.2, 0.25) is 0 Å². The lowest BCUT2D eigenvalue weighted by atomic mass is 10.1. The predicted octanol–water partition coefficient (Wildman–Crippen LogP) is 1.87. The lowest BCUT2D eigenvalue weighted by molar-refractivity contribution is 0.0532. The number of fused-ring (bicyclic) bond motifs is 1. The zero-order valence-corrected chi connectivity index (χ0v) is 18.3. The van der Waals surface area contributed by atoms with E-state index in [-0.39, 0.29) is 35.9 Å². The molecule has 170 valence electrons. The highest BCUT2D eigenvalue weighted by Crippen LogP contribution is 2.24. The van der Waals surface area contributed by atoms with Gasteiger partial charge in [0.1, 0.15) is 5.69 Å². The molecular weight excluding hydrogens is 434 g/mol. The highest BCUT2D eigenvalue weighted by atomic mass is 16.2. The van der Waals surface area contributed by atoms with Gasteiger partial charge in [0.25, 0.3) is 23.6 Å². The monoisotopic (exact) mass is 455 g/mol. The number of imide groups is 1. The Balaban J connectivity index is 1.24. The van der Waals surface area contributed by atoms with Crippen LogP contribution >= 0.6 is 0 Å². The van der Waals surface area contributed by atoms with E-state index in [1.54, 1.807) is 58.3 Å². The van der Waals surface area contributed by atoms with Gasteiger partial charge in [-0.15, -0.1) is 0 Å². The third kappa shape index (κ3) is 3.92. The van der Waals surface area contributed by atoms with E-state index in [0.29, 0.717) is 48.4 Å². The summed E-state index contributed by atoms with van der Waals surface area (Å²) in [4.78, 5) is 63.5. The maximum atomic E-state index is 13.1. The molecule has 1 fully saturated rings. The normalized spacial score (nSPS) is 15.5. The fourth-order valence-electron chi connectivity index (χ4n) is 4.23. The van der Waals surface area contributed by atoms with E-state index >= 15 is 0 Å². The molecule has 0 saturated carbocycles. The second-order valence-electron chi connectivity index (χ2n) is 8.12. The number of carbonyl (C=O) groups is 4. The number of benzene rings is 2. The Morgan fingerprint density at radius 3 is 2.06 bits per heavy atom. The molecule has 2 aromatic carbocycles. The average molecular weight is 455 g/mol. The molecule has 9 nitrogen and oxygen atoms in total. The number of hydrogen-bond donors (Lipinski definition) is 0. The van der Waals surface area contributed by atoms with E-state index in [9.17, 15) is 19.2 Å². The number of hydrogen-bond acceptors (Lipinski definition) is 6. The minimum absolute atomic E-state index is 0.0911. The SMILES string of the molecule is O=C(c1cccc(CN2C(=O)c3ccccc3C2=O)c1)N1CCN(C(=O)c2cnccn2)CC1. The van der Waals surface area contributed by atoms with Gasteiger partial charge >= 0.3 is 0 Å². The van der Waals surface area contributed by atoms with Gasteiger partial charge in [0.05, 0.1) is 23.9 Å². The lowest BCUT2D eigenvalue weighted by Crippen LogP contribution is -2.50. The van der Waals surface area contributed by atoms with Crippen LogP contribution < -0.4 is 0 Å². The Morgan fingerprint density at radius 1 is 0.794 bits per heavy atom. The van der Waals surface area contributed by atoms with Crippen molar-refractivity contribution in [1.29, 1.82) is 0 Å². The van der Waals surface area contributed by atoms with Gasteiger partial charge in [0.2, 0.25) is 0 Å². The minimum Gasteiger partial charge on any atom is -0.335 e. The van der Waals surface area contributed by atoms with Gasteiger partial charge < -0.3 is 9.80 Å². The van der Waals surface area contributed by atoms with Crippen LogP contribution in [0.15, 0.2) is 67.1 Å². The first kappa shape index (κ1) is 21.4. The Kier molecular flexibility index (Phi) is 5.59. The molecule has 1 saturated heterocycles. The van der Waals surface area contributed by atoms with Gasteiger partial charge in [-0.25, -0.2) is 4.98 Å². The molecule has 1 aromatic heterocycles. The molecule has 0 radical (unpaired) electrons. The molecule has 3 aromatic rings. The van der Waals surface area contributed by atoms with Crippen molar-refractivity contribution in [2.24, 2.45) is 0 Å². The van der Waals surface area contributed by atoms with E-state index in [0.717, 1.165) is 0 Å². The molecule has 0 bridgehead atoms. The first-order valence-electron chi connectivity index (χ1n) is 10.9. The molecule has 0 atom stereocenters. The van der Waals surface area contributed by atoms with Crippen LogP contribution in [-0.2, 0) is 6.54 Å². The van der Waals surface area contributed by atoms with Gasteiger partial charge in [0, 0.05) is 44.1 Å². The van der Waals surface area contributed by atoms with Gasteiger partial charge in [0.15, 0.2) is 0 Å². The topological polar surface area (TPSA) is 104 Å². The number of piperazine rings is 1. The zero-order valence-electron chi connectivity index (χ0n) is 18.3. The largest absolute Gasteiger partial charge is 0.335 e. The van der Waals surface area contributed by atoms with Crippen molar-refractivity contribution in [1.82, 2.24) is 24.7 Å². The molecule has 34 heavy (non-hydrogen) atoms. The molecule has 0 spiro atoms. The summed E-state index contributed by atoms with van der Waals surface area (Å²) in [5.41, 5.74) is 2.24. The number of nitrogens with zero attached hydrogens (tertiary/aromatic N) is 5. The predicted molar refractivity (Wildman–Crippen MR) is 121 cm³/mol. The third-order valence-electron chi connectivity index (χ3n) is 6.03. The number of amides is 4. The standard InChI is InChI=1S/C25H21N5O4/c31-22(28-10-12-29(13-11-28)25(34)21-15-26-8-9-27-21)18-5-3-4-17(14-18)16-30-23(32)19-6-1-2-7-20(19)24(30)33/h1-9,14-15H,10-13,16H2. The van der Waals surface area contributed by atoms with Crippen molar-refractivity contribution >= 4 is 23.6 Å². The van der Waals surface area contributed by atoms with Gasteiger partial charge in [-0.2, -0.15) is 0 Å². The Bertz CT molecular complexity index is 1250. The van der Waals surface area contributed by atoms with Crippen molar-refractivity contribution < 1.29 is 19.2 Å². The summed E-state index contributed by atoms with van der Waals surface area (Å²) < 4.78 is 0. The number of rotatable bonds is 4. The third-order valence-corrected chi connectivity index (χ3v) is 6.03. The molecule has 2 aliphatic rings. The molecule has 9 heteroatoms. The molecular formula is C25H21N5O4. The fourth-order valence-corrected chi connectivity index (χ4v) is 4.23. The second kappa shape index (κ2) is 8.86. The van der Waals surface area contributed by atoms with E-state index in [1.807, 2.05) is 0 Å². The highest BCUT2D eigenvalue weighted by Gasteiger charge is 2.35. The summed E-state index contributed by atoms with van der Waals surface area (Å²) in [7, 11) is 0. The van der Waals surface area contributed by atoms with Crippen LogP contribution in [0.4, 0.5) is 0 Å². The summed E-state index contributed by atoms with van der Waals surface area (Å²) >= 11 is 0. The first-order chi connectivity index (χ1) is 16.5. The van der Waals surface area contributed by atoms with E-state index in [1.165, 1.54) is 23.5 Å². The molecule has 0 N–H and O–H groups in total. The van der Waals surface area contributed by atoms with Crippen molar-refractivity contribution in [3.8, 4) is 0 Å². The summed E-state index contributed by atoms with van der Waals surface area (Å²) in [6.07, 6.45) is 4.41. The van der Waals surface area contributed by atoms with E-state index in [2.05, 4.69) is 9.97 Å². The maximum Gasteiger partial charge on any atom is 0.274 e. The van der Waals surface area contributed by atoms with Gasteiger partial charge in [-0.1, -0.05) is 24.3 Å². The summed E-state index contributed by atoms with van der Waals surface area (Å²) in [6, 6.07) is 13.7. The summed E-state index contributed by atoms with van der Waals surface area (Å²) in [6.45, 7) is 1.68. The summed E-state index contributed by atoms with van der Waals surface area (Å²) in [5, 5.41) is 0. The quantitative estimate of drug-likeness (QED) is 0.557. The maximum absolute atomic E-state index is 13.1. The summed E-state index contributed by atoms with van der Waals surface area (Å²) in [5.74, 6) is -1.03. The smallest absolute Gasteiger partial charge is 0.274 e. The molecule has 4 amide bonds. The van der Waals surface area contributed by atoms with E-state index in [4.69, 9.17) is 0 Å². The van der Waals surface area contributed by atoms with Crippen molar-refractivity contribution in [2.75, 3.05) is 26.2 Å². The van der Waals surface area contributed by atoms with Crippen molar-refractivity contribution in [2.45, 2.75) is 6.54 Å². The Labute approximate surface area is 195 Å². The first-order valence-corrected chi connectivity index (χ1v) is 10.9. The van der Waals surface area contributed by atoms with Crippen LogP contribution in [0, 0.1) is 0 Å². The average Bonchev–Trinajstić information content (AvgIpc) is 3.13. The van der Waals surface area contributed by atoms with Crippen LogP contribution in [0.3, 0.4) is 0 Å². The van der Waals surface area contributed by atoms with Crippen LogP contribution in [-0.4, -0.2) is 74.5 Å². The van der Waals surface area contributed by atoms with E-state index < -0.39 is 0 Å². The Morgan fingerprint density at radius 2 is 1.44 bits per heavy atom. The Hall–Kier alpha value is -4.40. The van der Waals surface area contributed by atoms with Crippen LogP contribution in [0.25, 0.3) is 0 Å². The minimum atomic E-state index is -0.332. The number of carbonyl (C=O) groups excluding carboxylic acids is 4. The fraction of sp³-hybridized carbons (Fsp3) is 0.200. The lowest BCUT2D eigenvalue weighted by Gasteiger charge is -2.34. The molecule has 0 unspecified atom stereocenters. The van der Waals surface area contributed by atoms with Crippen LogP contribution in [0.5, 0.6) is 0 Å². The highest BCUT2D eigenvalue weighted by molar-refractivity contribution is 6.21. The van der Waals surface area contributed by atoms with Crippen molar-refractivity contribution in [3.05, 3.63) is 95.1 Å².